The number of rotatable bonds is 11. The van der Waals surface area contributed by atoms with Gasteiger partial charge in [-0.2, -0.15) is 11.8 Å². The maximum Gasteiger partial charge on any atom is 0.123 e. The molecule has 0 spiro atoms. The van der Waals surface area contributed by atoms with Gasteiger partial charge in [-0.1, -0.05) is 19.1 Å². The topological polar surface area (TPSA) is 21.3 Å². The van der Waals surface area contributed by atoms with Crippen molar-refractivity contribution in [2.45, 2.75) is 25.7 Å². The Balaban J connectivity index is 2.49. The highest BCUT2D eigenvalue weighted by molar-refractivity contribution is 7.99. The van der Waals surface area contributed by atoms with E-state index < -0.39 is 0 Å². The first-order chi connectivity index (χ1) is 9.77. The number of methoxy groups -OCH3 is 1. The summed E-state index contributed by atoms with van der Waals surface area (Å²) in [6.45, 7) is 4.61. The van der Waals surface area contributed by atoms with E-state index in [1.54, 1.807) is 19.2 Å². The van der Waals surface area contributed by atoms with E-state index in [1.807, 2.05) is 17.8 Å². The number of benzene rings is 1. The number of nitrogens with one attached hydrogen (secondary N) is 1. The van der Waals surface area contributed by atoms with Gasteiger partial charge in [-0.05, 0) is 48.0 Å². The molecule has 0 saturated heterocycles. The molecule has 1 N–H and O–H groups in total. The summed E-state index contributed by atoms with van der Waals surface area (Å²) in [5, 5.41) is 3.39. The summed E-state index contributed by atoms with van der Waals surface area (Å²) in [6.07, 6.45) is 2.27. The Kier molecular flexibility index (Phi) is 9.71. The number of hydrogen-bond acceptors (Lipinski definition) is 3. The smallest absolute Gasteiger partial charge is 0.123 e. The van der Waals surface area contributed by atoms with E-state index >= 15 is 0 Å². The van der Waals surface area contributed by atoms with Crippen LogP contribution in [-0.2, 0) is 4.74 Å². The van der Waals surface area contributed by atoms with Crippen molar-refractivity contribution >= 4 is 11.8 Å². The zero-order valence-electron chi connectivity index (χ0n) is 12.5. The summed E-state index contributed by atoms with van der Waals surface area (Å²) in [7, 11) is 1.70. The standard InChI is InChI=1S/C16H26FNOS/c1-3-20-11-5-7-15(13-18-9-10-19-2)14-6-4-8-16(17)12-14/h4,6,8,12,15,18H,3,5,7,9-11,13H2,1-2H3. The Labute approximate surface area is 126 Å². The molecule has 1 rings (SSSR count). The molecule has 0 radical (unpaired) electrons. The molecule has 0 saturated carbocycles. The van der Waals surface area contributed by atoms with Gasteiger partial charge >= 0.3 is 0 Å². The second-order valence-corrected chi connectivity index (χ2v) is 6.18. The number of ether oxygens (including phenoxy) is 1. The zero-order chi connectivity index (χ0) is 14.6. The molecule has 1 aromatic carbocycles. The molecule has 0 fully saturated rings. The van der Waals surface area contributed by atoms with Crippen molar-refractivity contribution in [3.8, 4) is 0 Å². The van der Waals surface area contributed by atoms with Crippen LogP contribution in [0.2, 0.25) is 0 Å². The fourth-order valence-corrected chi connectivity index (χ4v) is 2.83. The van der Waals surface area contributed by atoms with Crippen molar-refractivity contribution < 1.29 is 9.13 Å². The van der Waals surface area contributed by atoms with Gasteiger partial charge in [0.2, 0.25) is 0 Å². The van der Waals surface area contributed by atoms with E-state index in [2.05, 4.69) is 12.2 Å². The second kappa shape index (κ2) is 11.1. The van der Waals surface area contributed by atoms with Crippen LogP contribution >= 0.6 is 11.8 Å². The third kappa shape index (κ3) is 7.27. The predicted octanol–water partition coefficient (Wildman–Crippen LogP) is 3.68. The van der Waals surface area contributed by atoms with Crippen molar-refractivity contribution in [3.05, 3.63) is 35.6 Å². The van der Waals surface area contributed by atoms with Crippen LogP contribution < -0.4 is 5.32 Å². The van der Waals surface area contributed by atoms with Crippen LogP contribution in [0.25, 0.3) is 0 Å². The lowest BCUT2D eigenvalue weighted by Gasteiger charge is -2.18. The molecule has 1 aromatic rings. The average molecular weight is 299 g/mol. The van der Waals surface area contributed by atoms with Gasteiger partial charge in [0.1, 0.15) is 5.82 Å². The maximum atomic E-state index is 13.4. The Bertz CT molecular complexity index is 350. The molecule has 20 heavy (non-hydrogen) atoms. The second-order valence-electron chi connectivity index (χ2n) is 4.79. The first kappa shape index (κ1) is 17.5. The van der Waals surface area contributed by atoms with E-state index in [9.17, 15) is 4.39 Å². The maximum absolute atomic E-state index is 13.4. The van der Waals surface area contributed by atoms with Crippen molar-refractivity contribution in [2.24, 2.45) is 0 Å². The predicted molar refractivity (Wildman–Crippen MR) is 86.1 cm³/mol. The van der Waals surface area contributed by atoms with Gasteiger partial charge in [0.25, 0.3) is 0 Å². The van der Waals surface area contributed by atoms with E-state index in [0.717, 1.165) is 30.8 Å². The van der Waals surface area contributed by atoms with Crippen LogP contribution in [0.3, 0.4) is 0 Å². The van der Waals surface area contributed by atoms with Crippen LogP contribution in [-0.4, -0.2) is 38.3 Å². The molecule has 0 aliphatic rings. The molecular formula is C16H26FNOS. The first-order valence-corrected chi connectivity index (χ1v) is 8.46. The monoisotopic (exact) mass is 299 g/mol. The molecule has 114 valence electrons. The lowest BCUT2D eigenvalue weighted by Crippen LogP contribution is -2.25. The van der Waals surface area contributed by atoms with E-state index in [1.165, 1.54) is 18.2 Å². The van der Waals surface area contributed by atoms with E-state index in [-0.39, 0.29) is 5.82 Å². The molecule has 0 aliphatic carbocycles. The van der Waals surface area contributed by atoms with Gasteiger partial charge < -0.3 is 10.1 Å². The van der Waals surface area contributed by atoms with Crippen LogP contribution in [0.1, 0.15) is 31.2 Å². The molecule has 4 heteroatoms. The summed E-state index contributed by atoms with van der Waals surface area (Å²) in [6, 6.07) is 6.99. The van der Waals surface area contributed by atoms with E-state index in [0.29, 0.717) is 12.5 Å². The highest BCUT2D eigenvalue weighted by atomic mass is 32.2. The number of thioether (sulfide) groups is 1. The van der Waals surface area contributed by atoms with E-state index in [4.69, 9.17) is 4.74 Å². The molecule has 0 amide bonds. The molecule has 0 bridgehead atoms. The summed E-state index contributed by atoms with van der Waals surface area (Å²) in [5.74, 6) is 2.57. The lowest BCUT2D eigenvalue weighted by molar-refractivity contribution is 0.198. The fourth-order valence-electron chi connectivity index (χ4n) is 2.17. The third-order valence-corrected chi connectivity index (χ3v) is 4.22. The Hall–Kier alpha value is -0.580. The molecule has 1 atom stereocenters. The van der Waals surface area contributed by atoms with Crippen molar-refractivity contribution in [2.75, 3.05) is 38.3 Å². The molecule has 0 heterocycles. The van der Waals surface area contributed by atoms with Gasteiger partial charge in [-0.3, -0.25) is 0 Å². The largest absolute Gasteiger partial charge is 0.383 e. The minimum Gasteiger partial charge on any atom is -0.383 e. The number of hydrogen-bond donors (Lipinski definition) is 1. The molecule has 0 aliphatic heterocycles. The van der Waals surface area contributed by atoms with Crippen molar-refractivity contribution in [3.63, 3.8) is 0 Å². The fraction of sp³-hybridized carbons (Fsp3) is 0.625. The van der Waals surface area contributed by atoms with Crippen LogP contribution in [0, 0.1) is 5.82 Å². The average Bonchev–Trinajstić information content (AvgIpc) is 2.45. The SMILES string of the molecule is CCSCCCC(CNCCOC)c1cccc(F)c1. The first-order valence-electron chi connectivity index (χ1n) is 7.30. The summed E-state index contributed by atoms with van der Waals surface area (Å²) in [5.41, 5.74) is 1.09. The van der Waals surface area contributed by atoms with Crippen LogP contribution in [0.5, 0.6) is 0 Å². The van der Waals surface area contributed by atoms with Crippen LogP contribution in [0.15, 0.2) is 24.3 Å². The highest BCUT2D eigenvalue weighted by Gasteiger charge is 2.11. The third-order valence-electron chi connectivity index (χ3n) is 3.24. The van der Waals surface area contributed by atoms with Gasteiger partial charge in [-0.25, -0.2) is 4.39 Å². The minimum absolute atomic E-state index is 0.146. The molecule has 0 aromatic heterocycles. The van der Waals surface area contributed by atoms with Gasteiger partial charge in [0.05, 0.1) is 6.61 Å². The summed E-state index contributed by atoms with van der Waals surface area (Å²) < 4.78 is 18.4. The van der Waals surface area contributed by atoms with Crippen molar-refractivity contribution in [1.29, 1.82) is 0 Å². The zero-order valence-corrected chi connectivity index (χ0v) is 13.3. The van der Waals surface area contributed by atoms with Gasteiger partial charge in [0, 0.05) is 20.2 Å². The van der Waals surface area contributed by atoms with Gasteiger partial charge in [0.15, 0.2) is 0 Å². The normalized spacial score (nSPS) is 12.6. The Morgan fingerprint density at radius 3 is 2.95 bits per heavy atom. The van der Waals surface area contributed by atoms with Gasteiger partial charge in [-0.15, -0.1) is 0 Å². The summed E-state index contributed by atoms with van der Waals surface area (Å²) >= 11 is 1.97. The van der Waals surface area contributed by atoms with Crippen LogP contribution in [0.4, 0.5) is 4.39 Å². The van der Waals surface area contributed by atoms with Crippen molar-refractivity contribution in [1.82, 2.24) is 5.32 Å². The minimum atomic E-state index is -0.146. The number of halogens is 1. The highest BCUT2D eigenvalue weighted by Crippen LogP contribution is 2.22. The lowest BCUT2D eigenvalue weighted by atomic mass is 9.94. The quantitative estimate of drug-likeness (QED) is 0.630. The Morgan fingerprint density at radius 1 is 1.40 bits per heavy atom. The summed E-state index contributed by atoms with van der Waals surface area (Å²) in [4.78, 5) is 0. The molecule has 1 unspecified atom stereocenters. The molecule has 2 nitrogen and oxygen atoms in total. The molecular weight excluding hydrogens is 273 g/mol. The Morgan fingerprint density at radius 2 is 2.25 bits per heavy atom.